The zero-order chi connectivity index (χ0) is 60.3. The molecule has 0 saturated heterocycles. The lowest BCUT2D eigenvalue weighted by molar-refractivity contribution is -0.118. The van der Waals surface area contributed by atoms with E-state index in [1.165, 1.54) is 30.9 Å². The van der Waals surface area contributed by atoms with Crippen molar-refractivity contribution in [3.63, 3.8) is 0 Å². The van der Waals surface area contributed by atoms with Crippen LogP contribution in [0.3, 0.4) is 0 Å². The van der Waals surface area contributed by atoms with Gasteiger partial charge in [0.05, 0.1) is 18.6 Å². The third-order valence-corrected chi connectivity index (χ3v) is 13.0. The molecule has 0 spiro atoms. The minimum atomic E-state index is -0.632. The second kappa shape index (κ2) is 29.3. The van der Waals surface area contributed by atoms with E-state index in [0.717, 1.165) is 22.6 Å². The smallest absolute Gasteiger partial charge is 0.289 e. The minimum Gasteiger partial charge on any atom is -0.431 e. The summed E-state index contributed by atoms with van der Waals surface area (Å²) in [5.74, 6) is -0.389. The topological polar surface area (TPSA) is 291 Å². The van der Waals surface area contributed by atoms with Gasteiger partial charge in [-0.25, -0.2) is 29.9 Å². The Kier molecular flexibility index (Phi) is 21.4. The van der Waals surface area contributed by atoms with Crippen molar-refractivity contribution in [2.45, 2.75) is 59.7 Å². The largest absolute Gasteiger partial charge is 0.431 e. The van der Waals surface area contributed by atoms with Crippen LogP contribution in [0.15, 0.2) is 160 Å². The number of rotatable bonds is 18. The van der Waals surface area contributed by atoms with Gasteiger partial charge in [-0.1, -0.05) is 50.6 Å². The molecule has 24 heteroatoms. The number of nitrogens with one attached hydrogen (secondary N) is 3. The molecule has 0 radical (unpaired) electrons. The Morgan fingerprint density at radius 2 is 0.786 bits per heavy atom. The fraction of sp³-hybridized carbons (Fsp3) is 0.200. The van der Waals surface area contributed by atoms with Gasteiger partial charge in [-0.15, -0.1) is 0 Å². The van der Waals surface area contributed by atoms with Crippen LogP contribution < -0.4 is 36.4 Å². The van der Waals surface area contributed by atoms with Crippen molar-refractivity contribution in [2.75, 3.05) is 41.6 Å². The first-order valence-electron chi connectivity index (χ1n) is 26.2. The molecule has 84 heavy (non-hydrogen) atoms. The molecule has 0 bridgehead atoms. The third kappa shape index (κ3) is 16.2. The molecule has 0 saturated carbocycles. The normalized spacial score (nSPS) is 10.5. The molecule has 3 aromatic carbocycles. The van der Waals surface area contributed by atoms with Crippen molar-refractivity contribution in [1.82, 2.24) is 45.9 Å². The van der Waals surface area contributed by atoms with E-state index in [9.17, 15) is 33.2 Å². The molecule has 0 aliphatic rings. The first-order chi connectivity index (χ1) is 40.5. The third-order valence-electron chi connectivity index (χ3n) is 12.6. The standard InChI is InChI=1S/C20H19ClN4O3.C20H19FN4O3.C20H21N5O3/c3*1-3-17(26)25(2)15-8-6-13(7-9-15)20-24-12-16(28-20)19(27)23-11-14-5-4-10-22-18(14)21/h2*4-10,12H,3,11H2,1-2H3,(H,23,27);4-10,12H,3,11H2,1-2H3,(H2,21,22)(H,23,27). The number of carbonyl (C=O) groups is 6. The summed E-state index contributed by atoms with van der Waals surface area (Å²) in [6.45, 7) is 5.88. The predicted molar refractivity (Wildman–Crippen MR) is 313 cm³/mol. The van der Waals surface area contributed by atoms with Crippen LogP contribution in [0.4, 0.5) is 27.3 Å². The molecule has 0 atom stereocenters. The van der Waals surface area contributed by atoms with Crippen LogP contribution in [-0.2, 0) is 34.0 Å². The van der Waals surface area contributed by atoms with Gasteiger partial charge >= 0.3 is 0 Å². The van der Waals surface area contributed by atoms with E-state index >= 15 is 0 Å². The Hall–Kier alpha value is -10.4. The maximum Gasteiger partial charge on any atom is 0.289 e. The summed E-state index contributed by atoms with van der Waals surface area (Å²) in [7, 11) is 5.16. The van der Waals surface area contributed by atoms with Gasteiger partial charge in [-0.3, -0.25) is 28.8 Å². The lowest BCUT2D eigenvalue weighted by atomic mass is 10.2. The molecule has 0 unspecified atom stereocenters. The SMILES string of the molecule is CCC(=O)N(C)c1ccc(-c2ncc(C(=O)NCc3cccnc3Cl)o2)cc1.CCC(=O)N(C)c1ccc(-c2ncc(C(=O)NCc3cccnc3F)o2)cc1.CCC(=O)N(C)c1ccc(-c2ncc(C(=O)NCc3cccnc3N)o2)cc1. The minimum absolute atomic E-state index is 0.00730. The van der Waals surface area contributed by atoms with Gasteiger partial charge in [0.2, 0.25) is 58.6 Å². The number of benzene rings is 3. The second-order valence-corrected chi connectivity index (χ2v) is 18.5. The van der Waals surface area contributed by atoms with Crippen molar-refractivity contribution in [3.05, 3.63) is 191 Å². The number of anilines is 4. The van der Waals surface area contributed by atoms with Gasteiger partial charge in [-0.2, -0.15) is 4.39 Å². The highest BCUT2D eigenvalue weighted by molar-refractivity contribution is 6.30. The molecule has 432 valence electrons. The van der Waals surface area contributed by atoms with Crippen LogP contribution in [0.5, 0.6) is 0 Å². The second-order valence-electron chi connectivity index (χ2n) is 18.2. The van der Waals surface area contributed by atoms with Gasteiger partial charge in [0.25, 0.3) is 17.7 Å². The molecule has 6 heterocycles. The number of nitrogens with zero attached hydrogens (tertiary/aromatic N) is 9. The van der Waals surface area contributed by atoms with Gasteiger partial charge in [0.15, 0.2) is 0 Å². The Bertz CT molecular complexity index is 3340. The van der Waals surface area contributed by atoms with E-state index in [-0.39, 0.29) is 66.1 Å². The summed E-state index contributed by atoms with van der Waals surface area (Å²) >= 11 is 5.98. The number of hydrogen-bond acceptors (Lipinski definition) is 16. The monoisotopic (exact) mass is 1160 g/mol. The average Bonchev–Trinajstić information content (AvgIpc) is 4.38. The van der Waals surface area contributed by atoms with Crippen LogP contribution in [-0.4, -0.2) is 86.5 Å². The van der Waals surface area contributed by atoms with E-state index in [1.54, 1.807) is 158 Å². The number of nitrogens with two attached hydrogens (primary N) is 1. The molecular weight excluding hydrogens is 1100 g/mol. The van der Waals surface area contributed by atoms with Crippen molar-refractivity contribution >= 4 is 69.9 Å². The van der Waals surface area contributed by atoms with Crippen LogP contribution in [0.25, 0.3) is 34.4 Å². The summed E-state index contributed by atoms with van der Waals surface area (Å²) in [6, 6.07) is 31.6. The lowest BCUT2D eigenvalue weighted by Gasteiger charge is -2.16. The van der Waals surface area contributed by atoms with Gasteiger partial charge in [-0.05, 0) is 91.0 Å². The Morgan fingerprint density at radius 1 is 0.464 bits per heavy atom. The molecular formula is C60H59ClFN13O9. The van der Waals surface area contributed by atoms with Crippen LogP contribution >= 0.6 is 11.6 Å². The van der Waals surface area contributed by atoms with E-state index < -0.39 is 23.7 Å². The number of carbonyl (C=O) groups excluding carboxylic acids is 6. The first kappa shape index (κ1) is 61.2. The van der Waals surface area contributed by atoms with Crippen molar-refractivity contribution < 1.29 is 46.4 Å². The number of oxazole rings is 3. The van der Waals surface area contributed by atoms with E-state index in [1.807, 2.05) is 13.8 Å². The fourth-order valence-corrected chi connectivity index (χ4v) is 7.84. The quantitative estimate of drug-likeness (QED) is 0.0582. The molecule has 22 nitrogen and oxygen atoms in total. The van der Waals surface area contributed by atoms with Gasteiger partial charge in [0.1, 0.15) is 11.0 Å². The summed E-state index contributed by atoms with van der Waals surface area (Å²) in [4.78, 5) is 101. The van der Waals surface area contributed by atoms with E-state index in [0.29, 0.717) is 64.3 Å². The first-order valence-corrected chi connectivity index (χ1v) is 26.6. The van der Waals surface area contributed by atoms with Crippen molar-refractivity contribution in [2.24, 2.45) is 0 Å². The number of aromatic nitrogens is 6. The highest BCUT2D eigenvalue weighted by atomic mass is 35.5. The van der Waals surface area contributed by atoms with E-state index in [2.05, 4.69) is 45.9 Å². The van der Waals surface area contributed by atoms with Crippen LogP contribution in [0.1, 0.15) is 88.4 Å². The number of amides is 6. The zero-order valence-corrected chi connectivity index (χ0v) is 47.4. The molecule has 5 N–H and O–H groups in total. The molecule has 0 aliphatic carbocycles. The lowest BCUT2D eigenvalue weighted by Crippen LogP contribution is -2.24. The maximum absolute atomic E-state index is 13.5. The van der Waals surface area contributed by atoms with Crippen LogP contribution in [0, 0.1) is 5.95 Å². The van der Waals surface area contributed by atoms with E-state index in [4.69, 9.17) is 30.6 Å². The highest BCUT2D eigenvalue weighted by Gasteiger charge is 2.19. The molecule has 0 aliphatic heterocycles. The van der Waals surface area contributed by atoms with Crippen LogP contribution in [0.2, 0.25) is 5.15 Å². The fourth-order valence-electron chi connectivity index (χ4n) is 7.65. The molecule has 6 amide bonds. The summed E-state index contributed by atoms with van der Waals surface area (Å²) < 4.78 is 30.1. The molecule has 9 rings (SSSR count). The molecule has 9 aromatic rings. The Balaban J connectivity index is 0.000000181. The average molecular weight is 1160 g/mol. The summed E-state index contributed by atoms with van der Waals surface area (Å²) in [6.07, 6.45) is 9.84. The van der Waals surface area contributed by atoms with Crippen molar-refractivity contribution in [3.8, 4) is 34.4 Å². The number of halogens is 2. The molecule has 6 aromatic heterocycles. The summed E-state index contributed by atoms with van der Waals surface area (Å²) in [5, 5.41) is 8.36. The van der Waals surface area contributed by atoms with Crippen molar-refractivity contribution in [1.29, 1.82) is 0 Å². The molecule has 0 fully saturated rings. The number of nitrogen functional groups attached to an aromatic ring is 1. The Labute approximate surface area is 487 Å². The summed E-state index contributed by atoms with van der Waals surface area (Å²) in [5.41, 5.74) is 11.8. The van der Waals surface area contributed by atoms with Gasteiger partial charge in [0, 0.05) is 129 Å². The number of hydrogen-bond donors (Lipinski definition) is 4. The zero-order valence-electron chi connectivity index (χ0n) is 46.6. The predicted octanol–water partition coefficient (Wildman–Crippen LogP) is 9.49. The Morgan fingerprint density at radius 3 is 1.13 bits per heavy atom. The highest BCUT2D eigenvalue weighted by Crippen LogP contribution is 2.27. The van der Waals surface area contributed by atoms with Gasteiger partial charge < -0.3 is 49.6 Å². The maximum atomic E-state index is 13.5. The number of pyridine rings is 3.